The molecule has 0 aliphatic heterocycles. The Balaban J connectivity index is 1.47. The molecule has 2 aromatic rings. The molecule has 0 spiro atoms. The van der Waals surface area contributed by atoms with E-state index < -0.39 is 0 Å². The summed E-state index contributed by atoms with van der Waals surface area (Å²) in [6, 6.07) is 8.30. The van der Waals surface area contributed by atoms with E-state index in [-0.39, 0.29) is 5.91 Å². The van der Waals surface area contributed by atoms with Crippen molar-refractivity contribution in [3.63, 3.8) is 0 Å². The van der Waals surface area contributed by atoms with E-state index in [4.69, 9.17) is 9.72 Å². The van der Waals surface area contributed by atoms with Gasteiger partial charge in [0.15, 0.2) is 0 Å². The lowest BCUT2D eigenvalue weighted by molar-refractivity contribution is -0.122. The van der Waals surface area contributed by atoms with Crippen LogP contribution in [-0.4, -0.2) is 35.2 Å². The number of carbonyl (C=O) groups is 1. The van der Waals surface area contributed by atoms with Crippen molar-refractivity contribution in [1.29, 1.82) is 0 Å². The summed E-state index contributed by atoms with van der Waals surface area (Å²) in [5.41, 5.74) is 2.25. The van der Waals surface area contributed by atoms with E-state index in [1.807, 2.05) is 13.0 Å². The van der Waals surface area contributed by atoms with E-state index in [0.717, 1.165) is 76.2 Å². The number of aryl methyl sites for hydroxylation is 1. The predicted molar refractivity (Wildman–Crippen MR) is 99.5 cm³/mol. The Labute approximate surface area is 149 Å². The number of carbonyl (C=O) groups excluding carboxylic acids is 1. The van der Waals surface area contributed by atoms with E-state index in [0.29, 0.717) is 5.92 Å². The number of hydrogen-bond donors (Lipinski definition) is 1. The molecule has 3 rings (SSSR count). The summed E-state index contributed by atoms with van der Waals surface area (Å²) in [5, 5.41) is 3.03. The van der Waals surface area contributed by atoms with Gasteiger partial charge in [-0.15, -0.1) is 0 Å². The SMILES string of the molecule is CCOCCn1c(CCCCCNC(=O)C2CC2)nc2ccccc21. The van der Waals surface area contributed by atoms with Crippen molar-refractivity contribution in [3.8, 4) is 0 Å². The number of aromatic nitrogens is 2. The summed E-state index contributed by atoms with van der Waals surface area (Å²) < 4.78 is 7.82. The molecule has 25 heavy (non-hydrogen) atoms. The van der Waals surface area contributed by atoms with Crippen LogP contribution >= 0.6 is 0 Å². The lowest BCUT2D eigenvalue weighted by Crippen LogP contribution is -2.25. The fourth-order valence-corrected chi connectivity index (χ4v) is 3.15. The first kappa shape index (κ1) is 17.9. The number of nitrogens with zero attached hydrogens (tertiary/aromatic N) is 2. The van der Waals surface area contributed by atoms with Gasteiger partial charge in [0.1, 0.15) is 5.82 Å². The molecule has 1 aromatic heterocycles. The molecule has 0 radical (unpaired) electrons. The number of fused-ring (bicyclic) bond motifs is 1. The molecule has 0 unspecified atom stereocenters. The molecule has 5 nitrogen and oxygen atoms in total. The van der Waals surface area contributed by atoms with Gasteiger partial charge in [0.25, 0.3) is 0 Å². The highest BCUT2D eigenvalue weighted by Gasteiger charge is 2.28. The van der Waals surface area contributed by atoms with E-state index in [1.165, 1.54) is 5.52 Å². The Kier molecular flexibility index (Phi) is 6.45. The predicted octanol–water partition coefficient (Wildman–Crippen LogP) is 3.31. The Morgan fingerprint density at radius 2 is 2.12 bits per heavy atom. The molecule has 0 saturated heterocycles. The maximum atomic E-state index is 11.6. The van der Waals surface area contributed by atoms with Crippen LogP contribution in [0.1, 0.15) is 44.9 Å². The van der Waals surface area contributed by atoms with Gasteiger partial charge in [-0.25, -0.2) is 4.98 Å². The topological polar surface area (TPSA) is 56.1 Å². The van der Waals surface area contributed by atoms with E-state index in [2.05, 4.69) is 28.1 Å². The molecule has 1 fully saturated rings. The van der Waals surface area contributed by atoms with Crippen LogP contribution in [0.25, 0.3) is 11.0 Å². The maximum absolute atomic E-state index is 11.6. The Hall–Kier alpha value is -1.88. The number of rotatable bonds is 11. The highest BCUT2D eigenvalue weighted by molar-refractivity contribution is 5.80. The second kappa shape index (κ2) is 8.99. The molecule has 0 atom stereocenters. The van der Waals surface area contributed by atoms with Crippen molar-refractivity contribution in [2.75, 3.05) is 19.8 Å². The molecule has 1 aliphatic rings. The highest BCUT2D eigenvalue weighted by Crippen LogP contribution is 2.28. The summed E-state index contributed by atoms with van der Waals surface area (Å²) in [4.78, 5) is 16.4. The standard InChI is InChI=1S/C20H29N3O2/c1-2-25-15-14-23-18-9-6-5-8-17(18)22-19(23)10-4-3-7-13-21-20(24)16-11-12-16/h5-6,8-9,16H,2-4,7,10-15H2,1H3,(H,21,24). The largest absolute Gasteiger partial charge is 0.380 e. The molecule has 1 heterocycles. The number of unbranched alkanes of at least 4 members (excludes halogenated alkanes) is 2. The zero-order chi connectivity index (χ0) is 17.5. The third kappa shape index (κ3) is 5.05. The monoisotopic (exact) mass is 343 g/mol. The fraction of sp³-hybridized carbons (Fsp3) is 0.600. The van der Waals surface area contributed by atoms with Crippen LogP contribution < -0.4 is 5.32 Å². The second-order valence-corrected chi connectivity index (χ2v) is 6.74. The normalized spacial score (nSPS) is 14.1. The van der Waals surface area contributed by atoms with Gasteiger partial charge in [-0.05, 0) is 44.7 Å². The summed E-state index contributed by atoms with van der Waals surface area (Å²) in [6.45, 7) is 5.14. The van der Waals surface area contributed by atoms with Gasteiger partial charge < -0.3 is 14.6 Å². The Morgan fingerprint density at radius 1 is 1.28 bits per heavy atom. The third-order valence-corrected chi connectivity index (χ3v) is 4.72. The molecule has 0 bridgehead atoms. The molecule has 1 N–H and O–H groups in total. The highest BCUT2D eigenvalue weighted by atomic mass is 16.5. The smallest absolute Gasteiger partial charge is 0.223 e. The minimum atomic E-state index is 0.248. The Morgan fingerprint density at radius 3 is 2.92 bits per heavy atom. The first-order chi connectivity index (χ1) is 12.3. The van der Waals surface area contributed by atoms with Gasteiger partial charge in [0.2, 0.25) is 5.91 Å². The lowest BCUT2D eigenvalue weighted by atomic mass is 10.2. The van der Waals surface area contributed by atoms with Crippen molar-refractivity contribution < 1.29 is 9.53 Å². The van der Waals surface area contributed by atoms with Crippen molar-refractivity contribution in [2.45, 2.75) is 52.0 Å². The molecule has 1 saturated carbocycles. The zero-order valence-electron chi connectivity index (χ0n) is 15.2. The molecule has 5 heteroatoms. The van der Waals surface area contributed by atoms with Crippen molar-refractivity contribution in [2.24, 2.45) is 5.92 Å². The van der Waals surface area contributed by atoms with Crippen molar-refractivity contribution >= 4 is 16.9 Å². The Bertz CT molecular complexity index is 691. The van der Waals surface area contributed by atoms with Gasteiger partial charge in [0, 0.05) is 32.0 Å². The van der Waals surface area contributed by atoms with E-state index >= 15 is 0 Å². The van der Waals surface area contributed by atoms with Gasteiger partial charge in [-0.2, -0.15) is 0 Å². The maximum Gasteiger partial charge on any atom is 0.223 e. The van der Waals surface area contributed by atoms with Crippen LogP contribution in [0.4, 0.5) is 0 Å². The average molecular weight is 343 g/mol. The number of imidazole rings is 1. The quantitative estimate of drug-likeness (QED) is 0.637. The van der Waals surface area contributed by atoms with Gasteiger partial charge >= 0.3 is 0 Å². The molecule has 1 aliphatic carbocycles. The number of para-hydroxylation sites is 2. The summed E-state index contributed by atoms with van der Waals surface area (Å²) in [7, 11) is 0. The van der Waals surface area contributed by atoms with Gasteiger partial charge in [-0.1, -0.05) is 18.6 Å². The van der Waals surface area contributed by atoms with Crippen LogP contribution in [0.5, 0.6) is 0 Å². The average Bonchev–Trinajstić information content (AvgIpc) is 3.42. The van der Waals surface area contributed by atoms with Crippen molar-refractivity contribution in [3.05, 3.63) is 30.1 Å². The van der Waals surface area contributed by atoms with Crippen LogP contribution in [0.15, 0.2) is 24.3 Å². The van der Waals surface area contributed by atoms with Crippen LogP contribution in [0.2, 0.25) is 0 Å². The summed E-state index contributed by atoms with van der Waals surface area (Å²) >= 11 is 0. The molecule has 1 aromatic carbocycles. The minimum absolute atomic E-state index is 0.248. The van der Waals surface area contributed by atoms with Crippen molar-refractivity contribution in [1.82, 2.24) is 14.9 Å². The van der Waals surface area contributed by atoms with Gasteiger partial charge in [0.05, 0.1) is 17.6 Å². The summed E-state index contributed by atoms with van der Waals surface area (Å²) in [5.74, 6) is 1.70. The molecule has 1 amide bonds. The number of hydrogen-bond acceptors (Lipinski definition) is 3. The van der Waals surface area contributed by atoms with E-state index in [9.17, 15) is 4.79 Å². The van der Waals surface area contributed by atoms with E-state index in [1.54, 1.807) is 0 Å². The first-order valence-corrected chi connectivity index (χ1v) is 9.59. The first-order valence-electron chi connectivity index (χ1n) is 9.59. The molecule has 136 valence electrons. The number of benzene rings is 1. The van der Waals surface area contributed by atoms with Gasteiger partial charge in [-0.3, -0.25) is 4.79 Å². The lowest BCUT2D eigenvalue weighted by Gasteiger charge is -2.09. The minimum Gasteiger partial charge on any atom is -0.380 e. The van der Waals surface area contributed by atoms with Crippen LogP contribution in [0, 0.1) is 5.92 Å². The van der Waals surface area contributed by atoms with Crippen LogP contribution in [-0.2, 0) is 22.5 Å². The second-order valence-electron chi connectivity index (χ2n) is 6.74. The summed E-state index contributed by atoms with van der Waals surface area (Å²) in [6.07, 6.45) is 6.36. The zero-order valence-corrected chi connectivity index (χ0v) is 15.2. The molecular weight excluding hydrogens is 314 g/mol. The number of ether oxygens (including phenoxy) is 1. The van der Waals surface area contributed by atoms with Crippen LogP contribution in [0.3, 0.4) is 0 Å². The fourth-order valence-electron chi connectivity index (χ4n) is 3.15. The third-order valence-electron chi connectivity index (χ3n) is 4.72. The number of nitrogens with one attached hydrogen (secondary N) is 1. The molecular formula is C20H29N3O2. The number of amides is 1.